The third kappa shape index (κ3) is 2.06. The van der Waals surface area contributed by atoms with E-state index in [2.05, 4.69) is 0 Å². The maximum absolute atomic E-state index is 11.3. The summed E-state index contributed by atoms with van der Waals surface area (Å²) in [7, 11) is 0. The van der Waals surface area contributed by atoms with Crippen LogP contribution < -0.4 is 0 Å². The van der Waals surface area contributed by atoms with Gasteiger partial charge in [-0.05, 0) is 30.4 Å². The summed E-state index contributed by atoms with van der Waals surface area (Å²) in [6, 6.07) is 7.09. The normalized spacial score (nSPS) is 15.1. The van der Waals surface area contributed by atoms with Gasteiger partial charge in [0.1, 0.15) is 0 Å². The van der Waals surface area contributed by atoms with Crippen molar-refractivity contribution in [3.8, 4) is 0 Å². The van der Waals surface area contributed by atoms with Crippen molar-refractivity contribution in [1.29, 1.82) is 0 Å². The molecule has 2 rings (SSSR count). The fourth-order valence-corrected chi connectivity index (χ4v) is 2.18. The summed E-state index contributed by atoms with van der Waals surface area (Å²) >= 11 is 0. The first kappa shape index (κ1) is 11.4. The van der Waals surface area contributed by atoms with Crippen molar-refractivity contribution in [1.82, 2.24) is 0 Å². The van der Waals surface area contributed by atoms with Crippen molar-refractivity contribution in [3.05, 3.63) is 41.0 Å². The molecule has 0 spiro atoms. The Balaban J connectivity index is 2.69. The summed E-state index contributed by atoms with van der Waals surface area (Å²) < 4.78 is 0. The van der Waals surface area contributed by atoms with Crippen LogP contribution in [-0.4, -0.2) is 22.2 Å². The Morgan fingerprint density at radius 2 is 1.71 bits per heavy atom. The fraction of sp³-hybridized carbons (Fsp3) is 0.231. The van der Waals surface area contributed by atoms with Crippen LogP contribution in [0.5, 0.6) is 0 Å². The molecule has 4 nitrogen and oxygen atoms in total. The molecule has 1 aromatic carbocycles. The minimum absolute atomic E-state index is 0.00227. The molecule has 0 atom stereocenters. The zero-order chi connectivity index (χ0) is 12.4. The standard InChI is InChI=1S/C13H12O4/c14-12(15)10-7-3-5-8-4-1-2-6-9(8)11(10)13(16)17/h1-2,4,6H,3,5,7H2,(H,14,15)(H,16,17). The lowest BCUT2D eigenvalue weighted by Gasteiger charge is -2.08. The molecule has 0 unspecified atom stereocenters. The monoisotopic (exact) mass is 232 g/mol. The summed E-state index contributed by atoms with van der Waals surface area (Å²) in [5.74, 6) is -2.31. The molecule has 0 saturated heterocycles. The number of fused-ring (bicyclic) bond motifs is 1. The first-order valence-electron chi connectivity index (χ1n) is 5.39. The van der Waals surface area contributed by atoms with Crippen molar-refractivity contribution in [2.45, 2.75) is 19.3 Å². The molecule has 17 heavy (non-hydrogen) atoms. The van der Waals surface area contributed by atoms with Crippen LogP contribution in [-0.2, 0) is 16.0 Å². The van der Waals surface area contributed by atoms with Crippen LogP contribution in [0.25, 0.3) is 5.57 Å². The van der Waals surface area contributed by atoms with E-state index in [1.54, 1.807) is 12.1 Å². The van der Waals surface area contributed by atoms with Crippen LogP contribution in [0.2, 0.25) is 0 Å². The number of hydrogen-bond acceptors (Lipinski definition) is 2. The minimum Gasteiger partial charge on any atom is -0.478 e. The first-order chi connectivity index (χ1) is 8.11. The van der Waals surface area contributed by atoms with Crippen molar-refractivity contribution < 1.29 is 19.8 Å². The summed E-state index contributed by atoms with van der Waals surface area (Å²) in [6.07, 6.45) is 1.67. The fourth-order valence-electron chi connectivity index (χ4n) is 2.18. The zero-order valence-corrected chi connectivity index (χ0v) is 9.14. The van der Waals surface area contributed by atoms with Gasteiger partial charge in [0.25, 0.3) is 0 Å². The molecule has 2 N–H and O–H groups in total. The highest BCUT2D eigenvalue weighted by atomic mass is 16.4. The average molecular weight is 232 g/mol. The molecule has 1 aliphatic carbocycles. The van der Waals surface area contributed by atoms with Crippen LogP contribution in [0, 0.1) is 0 Å². The van der Waals surface area contributed by atoms with Gasteiger partial charge in [-0.3, -0.25) is 0 Å². The number of carbonyl (C=O) groups is 2. The van der Waals surface area contributed by atoms with E-state index in [9.17, 15) is 14.7 Å². The first-order valence-corrected chi connectivity index (χ1v) is 5.39. The molecule has 0 aliphatic heterocycles. The number of rotatable bonds is 2. The lowest BCUT2D eigenvalue weighted by Crippen LogP contribution is -2.10. The van der Waals surface area contributed by atoms with E-state index in [-0.39, 0.29) is 11.1 Å². The molecule has 0 fully saturated rings. The summed E-state index contributed by atoms with van der Waals surface area (Å²) in [5.41, 5.74) is 1.38. The Kier molecular flexibility index (Phi) is 2.95. The molecule has 0 amide bonds. The van der Waals surface area contributed by atoms with E-state index in [0.29, 0.717) is 24.8 Å². The van der Waals surface area contributed by atoms with Gasteiger partial charge in [0.05, 0.1) is 11.1 Å². The Bertz CT molecular complexity index is 514. The Hall–Kier alpha value is -2.10. The topological polar surface area (TPSA) is 74.6 Å². The molecule has 0 bridgehead atoms. The summed E-state index contributed by atoms with van der Waals surface area (Å²) in [4.78, 5) is 22.4. The van der Waals surface area contributed by atoms with E-state index >= 15 is 0 Å². The minimum atomic E-state index is -1.17. The van der Waals surface area contributed by atoms with Gasteiger partial charge in [-0.2, -0.15) is 0 Å². The van der Waals surface area contributed by atoms with E-state index in [1.807, 2.05) is 12.1 Å². The molecule has 4 heteroatoms. The second-order valence-corrected chi connectivity index (χ2v) is 3.97. The number of carboxylic acids is 2. The van der Waals surface area contributed by atoms with Gasteiger partial charge < -0.3 is 10.2 Å². The number of aliphatic carboxylic acids is 2. The van der Waals surface area contributed by atoms with Gasteiger partial charge >= 0.3 is 11.9 Å². The van der Waals surface area contributed by atoms with Gasteiger partial charge in [0, 0.05) is 0 Å². The largest absolute Gasteiger partial charge is 0.478 e. The third-order valence-corrected chi connectivity index (χ3v) is 2.93. The second-order valence-electron chi connectivity index (χ2n) is 3.97. The maximum atomic E-state index is 11.3. The second kappa shape index (κ2) is 4.41. The van der Waals surface area contributed by atoms with Crippen LogP contribution in [0.15, 0.2) is 29.8 Å². The number of benzene rings is 1. The van der Waals surface area contributed by atoms with Crippen LogP contribution in [0.3, 0.4) is 0 Å². The third-order valence-electron chi connectivity index (χ3n) is 2.93. The SMILES string of the molecule is O=C(O)C1=C(C(=O)O)c2ccccc2CCC1. The Morgan fingerprint density at radius 3 is 2.35 bits per heavy atom. The molecule has 0 heterocycles. The number of hydrogen-bond donors (Lipinski definition) is 2. The quantitative estimate of drug-likeness (QED) is 0.817. The average Bonchev–Trinajstić information content (AvgIpc) is 2.47. The molecular weight excluding hydrogens is 220 g/mol. The van der Waals surface area contributed by atoms with E-state index < -0.39 is 11.9 Å². The van der Waals surface area contributed by atoms with Gasteiger partial charge in [-0.1, -0.05) is 24.3 Å². The van der Waals surface area contributed by atoms with Gasteiger partial charge in [-0.15, -0.1) is 0 Å². The molecule has 0 radical (unpaired) electrons. The lowest BCUT2D eigenvalue weighted by atomic mass is 9.97. The summed E-state index contributed by atoms with van der Waals surface area (Å²) in [6.45, 7) is 0. The van der Waals surface area contributed by atoms with Crippen molar-refractivity contribution in [3.63, 3.8) is 0 Å². The highest BCUT2D eigenvalue weighted by Gasteiger charge is 2.25. The molecule has 1 aliphatic rings. The predicted molar refractivity (Wildman–Crippen MR) is 61.6 cm³/mol. The highest BCUT2D eigenvalue weighted by Crippen LogP contribution is 2.30. The van der Waals surface area contributed by atoms with Gasteiger partial charge in [0.2, 0.25) is 0 Å². The number of aryl methyl sites for hydroxylation is 1. The van der Waals surface area contributed by atoms with Gasteiger partial charge in [0.15, 0.2) is 0 Å². The number of carboxylic acid groups (broad SMARTS) is 2. The van der Waals surface area contributed by atoms with Crippen LogP contribution >= 0.6 is 0 Å². The molecule has 0 aromatic heterocycles. The lowest BCUT2D eigenvalue weighted by molar-refractivity contribution is -0.134. The van der Waals surface area contributed by atoms with Crippen LogP contribution in [0.4, 0.5) is 0 Å². The highest BCUT2D eigenvalue weighted by molar-refractivity contribution is 6.22. The summed E-state index contributed by atoms with van der Waals surface area (Å²) in [5, 5.41) is 18.3. The molecule has 0 saturated carbocycles. The van der Waals surface area contributed by atoms with Gasteiger partial charge in [-0.25, -0.2) is 9.59 Å². The zero-order valence-electron chi connectivity index (χ0n) is 9.14. The Labute approximate surface area is 98.2 Å². The van der Waals surface area contributed by atoms with Crippen LogP contribution in [0.1, 0.15) is 24.0 Å². The van der Waals surface area contributed by atoms with E-state index in [4.69, 9.17) is 5.11 Å². The maximum Gasteiger partial charge on any atom is 0.336 e. The van der Waals surface area contributed by atoms with E-state index in [1.165, 1.54) is 0 Å². The van der Waals surface area contributed by atoms with Crippen molar-refractivity contribution >= 4 is 17.5 Å². The molecule has 1 aromatic rings. The smallest absolute Gasteiger partial charge is 0.336 e. The van der Waals surface area contributed by atoms with E-state index in [0.717, 1.165) is 5.56 Å². The predicted octanol–water partition coefficient (Wildman–Crippen LogP) is 1.95. The van der Waals surface area contributed by atoms with Crippen molar-refractivity contribution in [2.75, 3.05) is 0 Å². The van der Waals surface area contributed by atoms with Crippen molar-refractivity contribution in [2.24, 2.45) is 0 Å². The molecular formula is C13H12O4. The molecule has 88 valence electrons. The Morgan fingerprint density at radius 1 is 1.00 bits per heavy atom.